The molecule has 2 aromatic heterocycles. The lowest BCUT2D eigenvalue weighted by Crippen LogP contribution is -2.65. The molecule has 1 atom stereocenters. The van der Waals surface area contributed by atoms with Gasteiger partial charge in [-0.1, -0.05) is 0 Å². The number of anilines is 1. The maximum absolute atomic E-state index is 12.2. The maximum Gasteiger partial charge on any atom is 0.251 e. The van der Waals surface area contributed by atoms with E-state index in [2.05, 4.69) is 25.2 Å². The van der Waals surface area contributed by atoms with Crippen LogP contribution < -0.4 is 15.0 Å². The third-order valence-corrected chi connectivity index (χ3v) is 5.40. The molecule has 2 fully saturated rings. The summed E-state index contributed by atoms with van der Waals surface area (Å²) in [5, 5.41) is 3.00. The highest BCUT2D eigenvalue weighted by Gasteiger charge is 2.53. The Morgan fingerprint density at radius 2 is 2.19 bits per heavy atom. The first-order chi connectivity index (χ1) is 13.2. The molecule has 2 aliphatic rings. The molecule has 27 heavy (non-hydrogen) atoms. The van der Waals surface area contributed by atoms with Crippen molar-refractivity contribution in [2.24, 2.45) is 5.92 Å². The maximum atomic E-state index is 12.2. The Morgan fingerprint density at radius 3 is 2.96 bits per heavy atom. The number of rotatable bonds is 6. The lowest BCUT2D eigenvalue weighted by Gasteiger charge is -2.50. The van der Waals surface area contributed by atoms with Gasteiger partial charge in [-0.2, -0.15) is 0 Å². The summed E-state index contributed by atoms with van der Waals surface area (Å²) in [4.78, 5) is 26.6. The van der Waals surface area contributed by atoms with Crippen LogP contribution in [0.3, 0.4) is 0 Å². The van der Waals surface area contributed by atoms with Crippen LogP contribution in [0.15, 0.2) is 36.9 Å². The van der Waals surface area contributed by atoms with Gasteiger partial charge in [0.25, 0.3) is 5.91 Å². The van der Waals surface area contributed by atoms with E-state index in [9.17, 15) is 4.79 Å². The first kappa shape index (κ1) is 17.7. The van der Waals surface area contributed by atoms with Gasteiger partial charge >= 0.3 is 0 Å². The van der Waals surface area contributed by atoms with Crippen LogP contribution in [0.2, 0.25) is 0 Å². The summed E-state index contributed by atoms with van der Waals surface area (Å²) in [5.41, 5.74) is 0.495. The van der Waals surface area contributed by atoms with Gasteiger partial charge in [-0.3, -0.25) is 9.78 Å². The van der Waals surface area contributed by atoms with Crippen molar-refractivity contribution in [2.45, 2.75) is 18.4 Å². The fourth-order valence-electron chi connectivity index (χ4n) is 3.88. The van der Waals surface area contributed by atoms with Gasteiger partial charge < -0.3 is 19.7 Å². The second-order valence-corrected chi connectivity index (χ2v) is 6.95. The van der Waals surface area contributed by atoms with Gasteiger partial charge in [0, 0.05) is 37.2 Å². The molecule has 0 unspecified atom stereocenters. The number of pyridine rings is 1. The zero-order valence-electron chi connectivity index (χ0n) is 15.3. The fourth-order valence-corrected chi connectivity index (χ4v) is 3.88. The minimum Gasteiger partial charge on any atom is -0.481 e. The quantitative estimate of drug-likeness (QED) is 0.821. The van der Waals surface area contributed by atoms with Gasteiger partial charge in [0.2, 0.25) is 5.88 Å². The highest BCUT2D eigenvalue weighted by molar-refractivity contribution is 5.93. The van der Waals surface area contributed by atoms with Gasteiger partial charge in [-0.25, -0.2) is 9.97 Å². The Morgan fingerprint density at radius 1 is 1.37 bits per heavy atom. The van der Waals surface area contributed by atoms with Gasteiger partial charge in [0.1, 0.15) is 17.7 Å². The predicted molar refractivity (Wildman–Crippen MR) is 98.8 cm³/mol. The Hall–Kier alpha value is -2.74. The number of amides is 1. The molecule has 1 amide bonds. The molecular formula is C19H23N5O3. The molecule has 0 aliphatic carbocycles. The van der Waals surface area contributed by atoms with E-state index in [1.54, 1.807) is 31.6 Å². The lowest BCUT2D eigenvalue weighted by atomic mass is 9.79. The summed E-state index contributed by atoms with van der Waals surface area (Å²) in [6, 6.07) is 5.27. The van der Waals surface area contributed by atoms with E-state index >= 15 is 0 Å². The number of aromatic nitrogens is 3. The Bertz CT molecular complexity index is 795. The van der Waals surface area contributed by atoms with E-state index in [4.69, 9.17) is 9.47 Å². The summed E-state index contributed by atoms with van der Waals surface area (Å²) in [5.74, 6) is 1.78. The summed E-state index contributed by atoms with van der Waals surface area (Å²) in [6.45, 7) is 3.01. The van der Waals surface area contributed by atoms with Gasteiger partial charge in [-0.05, 0) is 30.9 Å². The normalized spacial score (nSPS) is 20.3. The zero-order chi connectivity index (χ0) is 18.7. The van der Waals surface area contributed by atoms with Crippen molar-refractivity contribution < 1.29 is 14.3 Å². The number of hydrogen-bond donors (Lipinski definition) is 1. The van der Waals surface area contributed by atoms with Crippen LogP contribution in [-0.2, 0) is 4.74 Å². The van der Waals surface area contributed by atoms with Crippen LogP contribution in [0.1, 0.15) is 23.2 Å². The molecule has 2 saturated heterocycles. The van der Waals surface area contributed by atoms with Crippen LogP contribution in [-0.4, -0.2) is 59.8 Å². The van der Waals surface area contributed by atoms with Gasteiger partial charge in [0.05, 0.1) is 20.2 Å². The summed E-state index contributed by atoms with van der Waals surface area (Å²) >= 11 is 0. The Labute approximate surface area is 157 Å². The zero-order valence-corrected chi connectivity index (χ0v) is 15.3. The number of ether oxygens (including phenoxy) is 2. The van der Waals surface area contributed by atoms with Crippen LogP contribution in [0.5, 0.6) is 5.88 Å². The third-order valence-electron chi connectivity index (χ3n) is 5.40. The van der Waals surface area contributed by atoms with Crippen LogP contribution >= 0.6 is 0 Å². The van der Waals surface area contributed by atoms with Crippen LogP contribution in [0.4, 0.5) is 5.82 Å². The average molecular weight is 369 g/mol. The minimum absolute atomic E-state index is 0.0614. The largest absolute Gasteiger partial charge is 0.481 e. The number of methoxy groups -OCH3 is 1. The molecule has 8 heteroatoms. The second kappa shape index (κ2) is 7.48. The smallest absolute Gasteiger partial charge is 0.251 e. The highest BCUT2D eigenvalue weighted by atomic mass is 16.5. The Balaban J connectivity index is 1.30. The summed E-state index contributed by atoms with van der Waals surface area (Å²) < 4.78 is 11.3. The highest BCUT2D eigenvalue weighted by Crippen LogP contribution is 2.43. The van der Waals surface area contributed by atoms with Crippen molar-refractivity contribution >= 4 is 11.7 Å². The average Bonchev–Trinajstić information content (AvgIpc) is 3.11. The third kappa shape index (κ3) is 3.57. The molecular weight excluding hydrogens is 346 g/mol. The molecule has 0 bridgehead atoms. The molecule has 4 rings (SSSR count). The van der Waals surface area contributed by atoms with E-state index in [0.29, 0.717) is 23.9 Å². The van der Waals surface area contributed by atoms with Crippen molar-refractivity contribution in [3.8, 4) is 5.88 Å². The first-order valence-corrected chi connectivity index (χ1v) is 9.13. The molecule has 0 aromatic carbocycles. The number of hydrogen-bond acceptors (Lipinski definition) is 7. The van der Waals surface area contributed by atoms with Crippen LogP contribution in [0, 0.1) is 5.92 Å². The first-order valence-electron chi connectivity index (χ1n) is 9.13. The molecule has 1 spiro atoms. The molecule has 8 nitrogen and oxygen atoms in total. The molecule has 0 radical (unpaired) electrons. The molecule has 0 saturated carbocycles. The van der Waals surface area contributed by atoms with E-state index in [0.717, 1.165) is 38.4 Å². The monoisotopic (exact) mass is 369 g/mol. The number of nitrogens with zero attached hydrogens (tertiary/aromatic N) is 4. The number of carbonyl (C=O) groups is 1. The molecule has 142 valence electrons. The predicted octanol–water partition coefficient (Wildman–Crippen LogP) is 1.30. The van der Waals surface area contributed by atoms with Crippen molar-refractivity contribution in [3.63, 3.8) is 0 Å². The molecule has 1 N–H and O–H groups in total. The van der Waals surface area contributed by atoms with Crippen molar-refractivity contribution in [1.29, 1.82) is 0 Å². The van der Waals surface area contributed by atoms with Crippen molar-refractivity contribution in [3.05, 3.63) is 42.5 Å². The number of nitrogens with one attached hydrogen (secondary N) is 1. The minimum atomic E-state index is -0.139. The summed E-state index contributed by atoms with van der Waals surface area (Å²) in [7, 11) is 1.60. The van der Waals surface area contributed by atoms with E-state index < -0.39 is 0 Å². The lowest BCUT2D eigenvalue weighted by molar-refractivity contribution is -0.0455. The second-order valence-electron chi connectivity index (χ2n) is 6.95. The number of carbonyl (C=O) groups excluding carboxylic acids is 1. The molecule has 2 aromatic rings. The van der Waals surface area contributed by atoms with E-state index in [-0.39, 0.29) is 11.5 Å². The summed E-state index contributed by atoms with van der Waals surface area (Å²) in [6.07, 6.45) is 6.68. The standard InChI is InChI=1S/C19H23N5O3/c1-26-17-10-16(22-13-23-17)24-11-19(12-24)15(5-9-27-19)4-8-21-18(25)14-2-6-20-7-3-14/h2-3,6-7,10,13,15H,4-5,8-9,11-12H2,1H3,(H,21,25)/t15-/m0/s1. The van der Waals surface area contributed by atoms with E-state index in [1.165, 1.54) is 6.33 Å². The van der Waals surface area contributed by atoms with Gasteiger partial charge in [-0.15, -0.1) is 0 Å². The SMILES string of the molecule is COc1cc(N2CC3(C2)OCC[C@@H]3CCNC(=O)c2ccncc2)ncn1. The van der Waals surface area contributed by atoms with E-state index in [1.807, 2.05) is 6.07 Å². The van der Waals surface area contributed by atoms with Gasteiger partial charge in [0.15, 0.2) is 0 Å². The fraction of sp³-hybridized carbons (Fsp3) is 0.474. The molecule has 2 aliphatic heterocycles. The Kier molecular flexibility index (Phi) is 4.89. The van der Waals surface area contributed by atoms with Crippen LogP contribution in [0.25, 0.3) is 0 Å². The van der Waals surface area contributed by atoms with Crippen molar-refractivity contribution in [1.82, 2.24) is 20.3 Å². The molecule has 4 heterocycles. The topological polar surface area (TPSA) is 89.5 Å². The van der Waals surface area contributed by atoms with Crippen molar-refractivity contribution in [2.75, 3.05) is 38.3 Å².